The molecule has 1 heterocycles. The van der Waals surface area contributed by atoms with Gasteiger partial charge in [0.25, 0.3) is 0 Å². The highest BCUT2D eigenvalue weighted by Crippen LogP contribution is 2.12. The molecule has 0 spiro atoms. The van der Waals surface area contributed by atoms with E-state index in [2.05, 4.69) is 19.7 Å². The van der Waals surface area contributed by atoms with Gasteiger partial charge in [-0.05, 0) is 18.2 Å². The zero-order valence-corrected chi connectivity index (χ0v) is 11.5. The van der Waals surface area contributed by atoms with Gasteiger partial charge >= 0.3 is 5.97 Å². The quantitative estimate of drug-likeness (QED) is 0.790. The van der Waals surface area contributed by atoms with E-state index in [1.54, 1.807) is 6.20 Å². The molecule has 0 atom stereocenters. The summed E-state index contributed by atoms with van der Waals surface area (Å²) in [5, 5.41) is 6.31. The number of carbonyl (C=O) groups excluding carboxylic acids is 1. The van der Waals surface area contributed by atoms with Crippen LogP contribution in [0.3, 0.4) is 0 Å². The lowest BCUT2D eigenvalue weighted by molar-refractivity contribution is 0.0600. The zero-order valence-electron chi connectivity index (χ0n) is 10.7. The molecule has 0 aliphatic rings. The van der Waals surface area contributed by atoms with Crippen LogP contribution < -0.4 is 4.72 Å². The Morgan fingerprint density at radius 1 is 1.45 bits per heavy atom. The molecule has 2 rings (SSSR count). The van der Waals surface area contributed by atoms with Crippen molar-refractivity contribution < 1.29 is 17.9 Å². The van der Waals surface area contributed by atoms with E-state index in [-0.39, 0.29) is 17.0 Å². The van der Waals surface area contributed by atoms with Gasteiger partial charge in [-0.15, -0.1) is 0 Å². The van der Waals surface area contributed by atoms with Gasteiger partial charge in [-0.2, -0.15) is 5.10 Å². The van der Waals surface area contributed by atoms with Crippen LogP contribution in [0.25, 0.3) is 0 Å². The molecule has 0 fully saturated rings. The first-order valence-electron chi connectivity index (χ1n) is 5.68. The van der Waals surface area contributed by atoms with Crippen LogP contribution >= 0.6 is 0 Å². The molecular weight excluding hydrogens is 282 g/mol. The molecule has 0 aliphatic carbocycles. The van der Waals surface area contributed by atoms with Crippen LogP contribution in [0.4, 0.5) is 0 Å². The highest BCUT2D eigenvalue weighted by atomic mass is 32.2. The summed E-state index contributed by atoms with van der Waals surface area (Å²) >= 11 is 0. The van der Waals surface area contributed by atoms with E-state index in [1.165, 1.54) is 37.6 Å². The maximum absolute atomic E-state index is 12.1. The fraction of sp³-hybridized carbons (Fsp3) is 0.167. The van der Waals surface area contributed by atoms with Gasteiger partial charge in [-0.3, -0.25) is 5.10 Å². The van der Waals surface area contributed by atoms with Gasteiger partial charge in [0.05, 0.1) is 23.8 Å². The van der Waals surface area contributed by atoms with E-state index in [0.717, 1.165) is 0 Å². The van der Waals surface area contributed by atoms with Gasteiger partial charge < -0.3 is 4.74 Å². The summed E-state index contributed by atoms with van der Waals surface area (Å²) in [5.74, 6) is -0.586. The minimum atomic E-state index is -3.70. The molecule has 1 aromatic carbocycles. The number of ether oxygens (including phenoxy) is 1. The van der Waals surface area contributed by atoms with Crippen molar-refractivity contribution in [1.82, 2.24) is 14.9 Å². The number of rotatable bonds is 5. The average Bonchev–Trinajstić information content (AvgIpc) is 2.98. The van der Waals surface area contributed by atoms with Crippen LogP contribution in [0.1, 0.15) is 15.9 Å². The number of sulfonamides is 1. The predicted octanol–water partition coefficient (Wildman–Crippen LogP) is 0.675. The average molecular weight is 295 g/mol. The molecule has 0 saturated heterocycles. The maximum atomic E-state index is 12.1. The fourth-order valence-electron chi connectivity index (χ4n) is 1.54. The Bertz CT molecular complexity index is 695. The molecule has 8 heteroatoms. The van der Waals surface area contributed by atoms with Crippen molar-refractivity contribution >= 4 is 16.0 Å². The lowest BCUT2D eigenvalue weighted by Gasteiger charge is -2.07. The Hall–Kier alpha value is -2.19. The molecule has 0 unspecified atom stereocenters. The van der Waals surface area contributed by atoms with E-state index in [4.69, 9.17) is 0 Å². The second-order valence-electron chi connectivity index (χ2n) is 3.95. The summed E-state index contributed by atoms with van der Waals surface area (Å²) < 4.78 is 31.2. The predicted molar refractivity (Wildman–Crippen MR) is 70.4 cm³/mol. The smallest absolute Gasteiger partial charge is 0.337 e. The van der Waals surface area contributed by atoms with E-state index < -0.39 is 16.0 Å². The zero-order chi connectivity index (χ0) is 14.6. The number of hydrogen-bond donors (Lipinski definition) is 2. The molecule has 0 bridgehead atoms. The normalized spacial score (nSPS) is 11.2. The number of benzene rings is 1. The molecule has 0 saturated carbocycles. The number of aromatic nitrogens is 2. The highest BCUT2D eigenvalue weighted by molar-refractivity contribution is 7.89. The van der Waals surface area contributed by atoms with E-state index >= 15 is 0 Å². The minimum absolute atomic E-state index is 0.00361. The summed E-state index contributed by atoms with van der Waals surface area (Å²) in [5.41, 5.74) is 0.886. The second kappa shape index (κ2) is 5.85. The van der Waals surface area contributed by atoms with E-state index in [9.17, 15) is 13.2 Å². The Morgan fingerprint density at radius 3 is 2.90 bits per heavy atom. The van der Waals surface area contributed by atoms with Crippen molar-refractivity contribution in [3.63, 3.8) is 0 Å². The molecule has 106 valence electrons. The minimum Gasteiger partial charge on any atom is -0.465 e. The third-order valence-corrected chi connectivity index (χ3v) is 3.99. The van der Waals surface area contributed by atoms with Crippen molar-refractivity contribution in [2.75, 3.05) is 7.11 Å². The molecule has 7 nitrogen and oxygen atoms in total. The third-order valence-electron chi connectivity index (χ3n) is 2.59. The summed E-state index contributed by atoms with van der Waals surface area (Å²) in [6.45, 7) is 0.112. The van der Waals surface area contributed by atoms with E-state index in [0.29, 0.717) is 5.56 Å². The Balaban J connectivity index is 2.18. The van der Waals surface area contributed by atoms with Crippen LogP contribution in [-0.4, -0.2) is 31.7 Å². The number of nitrogens with one attached hydrogen (secondary N) is 2. The molecule has 20 heavy (non-hydrogen) atoms. The van der Waals surface area contributed by atoms with E-state index in [1.807, 2.05) is 0 Å². The molecular formula is C12H13N3O4S. The molecule has 0 amide bonds. The summed E-state index contributed by atoms with van der Waals surface area (Å²) in [7, 11) is -2.46. The van der Waals surface area contributed by atoms with Crippen molar-refractivity contribution in [2.24, 2.45) is 0 Å². The second-order valence-corrected chi connectivity index (χ2v) is 5.72. The Morgan fingerprint density at radius 2 is 2.25 bits per heavy atom. The summed E-state index contributed by atoms with van der Waals surface area (Å²) in [6.07, 6.45) is 3.11. The van der Waals surface area contributed by atoms with Gasteiger partial charge in [0.15, 0.2) is 0 Å². The number of aromatic amines is 1. The largest absolute Gasteiger partial charge is 0.465 e. The van der Waals surface area contributed by atoms with Crippen molar-refractivity contribution in [3.05, 3.63) is 47.8 Å². The molecule has 0 aliphatic heterocycles. The van der Waals surface area contributed by atoms with Gasteiger partial charge in [0.2, 0.25) is 10.0 Å². The van der Waals surface area contributed by atoms with Gasteiger partial charge in [-0.25, -0.2) is 17.9 Å². The first kappa shape index (κ1) is 14.2. The molecule has 2 N–H and O–H groups in total. The van der Waals surface area contributed by atoms with Crippen LogP contribution in [0.15, 0.2) is 41.6 Å². The Kier molecular flexibility index (Phi) is 4.16. The summed E-state index contributed by atoms with van der Waals surface area (Å²) in [4.78, 5) is 11.4. The molecule has 2 aromatic rings. The number of nitrogens with zero attached hydrogens (tertiary/aromatic N) is 1. The SMILES string of the molecule is COC(=O)c1cccc(S(=O)(=O)NCc2cn[nH]c2)c1. The number of H-pyrrole nitrogens is 1. The molecule has 1 aromatic heterocycles. The van der Waals surface area contributed by atoms with Crippen LogP contribution in [0.2, 0.25) is 0 Å². The number of methoxy groups -OCH3 is 1. The highest BCUT2D eigenvalue weighted by Gasteiger charge is 2.16. The van der Waals surface area contributed by atoms with Gasteiger partial charge in [0.1, 0.15) is 0 Å². The van der Waals surface area contributed by atoms with Crippen molar-refractivity contribution in [1.29, 1.82) is 0 Å². The maximum Gasteiger partial charge on any atom is 0.337 e. The standard InChI is InChI=1S/C12H13N3O4S/c1-19-12(16)10-3-2-4-11(5-10)20(17,18)15-8-9-6-13-14-7-9/h2-7,15H,8H2,1H3,(H,13,14). The third kappa shape index (κ3) is 3.22. The van der Waals surface area contributed by atoms with Crippen LogP contribution in [-0.2, 0) is 21.3 Å². The number of hydrogen-bond acceptors (Lipinski definition) is 5. The lowest BCUT2D eigenvalue weighted by Crippen LogP contribution is -2.23. The van der Waals surface area contributed by atoms with Crippen molar-refractivity contribution in [3.8, 4) is 0 Å². The number of carbonyl (C=O) groups is 1. The van der Waals surface area contributed by atoms with Gasteiger partial charge in [0, 0.05) is 18.3 Å². The first-order chi connectivity index (χ1) is 9.53. The molecule has 0 radical (unpaired) electrons. The van der Waals surface area contributed by atoms with Crippen LogP contribution in [0, 0.1) is 0 Å². The van der Waals surface area contributed by atoms with Gasteiger partial charge in [-0.1, -0.05) is 6.07 Å². The number of esters is 1. The topological polar surface area (TPSA) is 101 Å². The van der Waals surface area contributed by atoms with Crippen LogP contribution in [0.5, 0.6) is 0 Å². The lowest BCUT2D eigenvalue weighted by atomic mass is 10.2. The monoisotopic (exact) mass is 295 g/mol. The Labute approximate surface area is 116 Å². The summed E-state index contributed by atoms with van der Waals surface area (Å²) in [6, 6.07) is 5.65. The van der Waals surface area contributed by atoms with Crippen molar-refractivity contribution in [2.45, 2.75) is 11.4 Å². The first-order valence-corrected chi connectivity index (χ1v) is 7.17. The fourth-order valence-corrected chi connectivity index (χ4v) is 2.61.